The van der Waals surface area contributed by atoms with Gasteiger partial charge in [0.25, 0.3) is 0 Å². The number of carbonyl (C=O) groups is 1. The van der Waals surface area contributed by atoms with E-state index < -0.39 is 4.93 Å². The molecule has 7 rings (SSSR count). The minimum Gasteiger partial charge on any atom is -0.373 e. The molecule has 0 aromatic heterocycles. The number of thioether (sulfide) groups is 2. The highest BCUT2D eigenvalue weighted by atomic mass is 32.2. The van der Waals surface area contributed by atoms with Crippen LogP contribution in [0.15, 0.2) is 131 Å². The summed E-state index contributed by atoms with van der Waals surface area (Å²) < 4.78 is 0. The van der Waals surface area contributed by atoms with Gasteiger partial charge in [0.15, 0.2) is 4.93 Å². The molecular weight excluding hydrogens is 484 g/mol. The highest BCUT2D eigenvalue weighted by Crippen LogP contribution is 2.60. The standard InChI is InChI=1S/C30H22N2O2S2/c33-27(20-11-3-1-4-12-20)24-19-31-22-15-7-10-18-26(22)36-30(34,21-13-5-2-6-14-21)28(31)29-32(24)23-16-8-9-17-25(23)35-29/h1-19,28-29,34H/t28-,29+,30-/m0/s1. The Bertz CT molecular complexity index is 1510. The number of fused-ring (bicyclic) bond motifs is 7. The van der Waals surface area contributed by atoms with E-state index in [1.807, 2.05) is 97.2 Å². The molecule has 0 unspecified atom stereocenters. The minimum absolute atomic E-state index is 0.0321. The van der Waals surface area contributed by atoms with Crippen LogP contribution in [0.1, 0.15) is 15.9 Å². The molecule has 4 nitrogen and oxygen atoms in total. The second-order valence-corrected chi connectivity index (χ2v) is 11.5. The van der Waals surface area contributed by atoms with Gasteiger partial charge in [0.05, 0.1) is 11.4 Å². The van der Waals surface area contributed by atoms with Gasteiger partial charge in [-0.2, -0.15) is 0 Å². The van der Waals surface area contributed by atoms with E-state index in [4.69, 9.17) is 0 Å². The number of para-hydroxylation sites is 2. The summed E-state index contributed by atoms with van der Waals surface area (Å²) in [7, 11) is 0. The molecule has 0 saturated carbocycles. The lowest BCUT2D eigenvalue weighted by molar-refractivity contribution is 0.0959. The summed E-state index contributed by atoms with van der Waals surface area (Å²) in [6.07, 6.45) is 1.95. The predicted molar refractivity (Wildman–Crippen MR) is 146 cm³/mol. The molecule has 0 aliphatic carbocycles. The molecule has 6 heteroatoms. The Labute approximate surface area is 218 Å². The maximum atomic E-state index is 14.0. The summed E-state index contributed by atoms with van der Waals surface area (Å²) in [4.78, 5) is 19.1. The van der Waals surface area contributed by atoms with Crippen LogP contribution in [0.4, 0.5) is 11.4 Å². The van der Waals surface area contributed by atoms with Crippen molar-refractivity contribution in [2.75, 3.05) is 9.80 Å². The fourth-order valence-electron chi connectivity index (χ4n) is 5.36. The molecule has 3 aliphatic rings. The summed E-state index contributed by atoms with van der Waals surface area (Å²) in [5.41, 5.74) is 4.11. The molecule has 0 amide bonds. The quantitative estimate of drug-likeness (QED) is 0.321. The first-order valence-corrected chi connectivity index (χ1v) is 13.6. The number of carbonyl (C=O) groups excluding carboxylic acids is 1. The van der Waals surface area contributed by atoms with Gasteiger partial charge in [0.1, 0.15) is 17.1 Å². The zero-order chi connectivity index (χ0) is 24.3. The summed E-state index contributed by atoms with van der Waals surface area (Å²) in [5, 5.41) is 12.3. The molecule has 0 fully saturated rings. The van der Waals surface area contributed by atoms with Crippen molar-refractivity contribution >= 4 is 40.7 Å². The van der Waals surface area contributed by atoms with E-state index in [1.54, 1.807) is 11.8 Å². The number of Topliss-reactive ketones (excluding diaryl/α,β-unsaturated/α-hetero) is 1. The number of aliphatic hydroxyl groups is 1. The summed E-state index contributed by atoms with van der Waals surface area (Å²) in [5.74, 6) is -0.0321. The van der Waals surface area contributed by atoms with Crippen LogP contribution in [0.2, 0.25) is 0 Å². The van der Waals surface area contributed by atoms with Crippen molar-refractivity contribution in [3.8, 4) is 0 Å². The molecular formula is C30H22N2O2S2. The van der Waals surface area contributed by atoms with Crippen molar-refractivity contribution in [3.63, 3.8) is 0 Å². The van der Waals surface area contributed by atoms with Crippen LogP contribution in [-0.2, 0) is 4.93 Å². The topological polar surface area (TPSA) is 43.8 Å². The van der Waals surface area contributed by atoms with E-state index >= 15 is 0 Å². The van der Waals surface area contributed by atoms with Crippen LogP contribution in [0, 0.1) is 0 Å². The van der Waals surface area contributed by atoms with Crippen LogP contribution in [0.25, 0.3) is 0 Å². The number of allylic oxidation sites excluding steroid dienone is 1. The lowest BCUT2D eigenvalue weighted by atomic mass is 9.94. The second kappa shape index (κ2) is 8.30. The molecule has 36 heavy (non-hydrogen) atoms. The molecule has 3 heterocycles. The molecule has 4 aromatic carbocycles. The van der Waals surface area contributed by atoms with E-state index in [-0.39, 0.29) is 17.2 Å². The fraction of sp³-hybridized carbons (Fsp3) is 0.100. The van der Waals surface area contributed by atoms with Gasteiger partial charge in [0, 0.05) is 21.6 Å². The maximum Gasteiger partial charge on any atom is 0.210 e. The Hall–Kier alpha value is -3.45. The van der Waals surface area contributed by atoms with Crippen LogP contribution < -0.4 is 9.80 Å². The fourth-order valence-corrected chi connectivity index (χ4v) is 8.32. The Morgan fingerprint density at radius 3 is 2.11 bits per heavy atom. The molecule has 4 aromatic rings. The summed E-state index contributed by atoms with van der Waals surface area (Å²) in [6, 6.07) is 35.3. The monoisotopic (exact) mass is 506 g/mol. The normalized spacial score (nSPS) is 23.8. The highest BCUT2D eigenvalue weighted by Gasteiger charge is 2.57. The van der Waals surface area contributed by atoms with Gasteiger partial charge in [0.2, 0.25) is 5.78 Å². The van der Waals surface area contributed by atoms with Gasteiger partial charge >= 0.3 is 0 Å². The van der Waals surface area contributed by atoms with Crippen LogP contribution in [0.3, 0.4) is 0 Å². The van der Waals surface area contributed by atoms with Crippen LogP contribution in [-0.4, -0.2) is 22.3 Å². The number of rotatable bonds is 3. The molecule has 0 spiro atoms. The highest BCUT2D eigenvalue weighted by molar-refractivity contribution is 8.01. The van der Waals surface area contributed by atoms with Crippen molar-refractivity contribution in [1.82, 2.24) is 0 Å². The molecule has 3 aliphatic heterocycles. The number of nitrogens with zero attached hydrogens (tertiary/aromatic N) is 2. The number of ketones is 1. The van der Waals surface area contributed by atoms with Crippen LogP contribution >= 0.6 is 23.5 Å². The Morgan fingerprint density at radius 1 is 0.750 bits per heavy atom. The van der Waals surface area contributed by atoms with Crippen molar-refractivity contribution in [1.29, 1.82) is 0 Å². The second-order valence-electron chi connectivity index (χ2n) is 9.04. The summed E-state index contributed by atoms with van der Waals surface area (Å²) >= 11 is 3.20. The van der Waals surface area contributed by atoms with E-state index in [0.29, 0.717) is 11.3 Å². The molecule has 3 atom stereocenters. The first kappa shape index (κ1) is 21.8. The average Bonchev–Trinajstić information content (AvgIpc) is 3.32. The Kier molecular flexibility index (Phi) is 5.03. The zero-order valence-electron chi connectivity index (χ0n) is 19.2. The van der Waals surface area contributed by atoms with Gasteiger partial charge < -0.3 is 14.9 Å². The van der Waals surface area contributed by atoms with Gasteiger partial charge in [-0.05, 0) is 29.8 Å². The summed E-state index contributed by atoms with van der Waals surface area (Å²) in [6.45, 7) is 0. The third kappa shape index (κ3) is 3.18. The van der Waals surface area contributed by atoms with E-state index in [1.165, 1.54) is 11.8 Å². The third-order valence-electron chi connectivity index (χ3n) is 6.98. The average molecular weight is 507 g/mol. The van der Waals surface area contributed by atoms with Gasteiger partial charge in [-0.15, -0.1) is 0 Å². The zero-order valence-corrected chi connectivity index (χ0v) is 20.8. The van der Waals surface area contributed by atoms with E-state index in [9.17, 15) is 9.90 Å². The van der Waals surface area contributed by atoms with Crippen molar-refractivity contribution in [2.45, 2.75) is 26.1 Å². The van der Waals surface area contributed by atoms with Crippen molar-refractivity contribution in [3.05, 3.63) is 132 Å². The van der Waals surface area contributed by atoms with Crippen LogP contribution in [0.5, 0.6) is 0 Å². The van der Waals surface area contributed by atoms with Gasteiger partial charge in [-0.1, -0.05) is 108 Å². The number of hydrogen-bond acceptors (Lipinski definition) is 6. The Morgan fingerprint density at radius 2 is 1.36 bits per heavy atom. The van der Waals surface area contributed by atoms with Gasteiger partial charge in [-0.25, -0.2) is 0 Å². The van der Waals surface area contributed by atoms with Crippen molar-refractivity contribution < 1.29 is 9.90 Å². The molecule has 0 radical (unpaired) electrons. The third-order valence-corrected chi connectivity index (χ3v) is 9.65. The van der Waals surface area contributed by atoms with E-state index in [2.05, 4.69) is 28.0 Å². The number of hydrogen-bond donors (Lipinski definition) is 1. The smallest absolute Gasteiger partial charge is 0.210 e. The number of benzene rings is 4. The molecule has 176 valence electrons. The minimum atomic E-state index is -1.23. The van der Waals surface area contributed by atoms with Crippen molar-refractivity contribution in [2.24, 2.45) is 0 Å². The lowest BCUT2D eigenvalue weighted by Crippen LogP contribution is -2.62. The predicted octanol–water partition coefficient (Wildman–Crippen LogP) is 6.49. The first-order chi connectivity index (χ1) is 17.6. The molecule has 1 N–H and O–H groups in total. The SMILES string of the molecule is O=C(C1=CN2c3ccccc3S[C@@](O)(c3ccccc3)[C@@H]2[C@H]2Sc3ccccc3N12)c1ccccc1. The Balaban J connectivity index is 1.48. The van der Waals surface area contributed by atoms with Gasteiger partial charge in [-0.3, -0.25) is 4.79 Å². The lowest BCUT2D eigenvalue weighted by Gasteiger charge is -2.53. The largest absolute Gasteiger partial charge is 0.373 e. The maximum absolute atomic E-state index is 14.0. The number of anilines is 2. The molecule has 0 saturated heterocycles. The molecule has 0 bridgehead atoms. The first-order valence-electron chi connectivity index (χ1n) is 11.9. The van der Waals surface area contributed by atoms with E-state index in [0.717, 1.165) is 26.7 Å².